The van der Waals surface area contributed by atoms with Crippen molar-refractivity contribution in [2.75, 3.05) is 0 Å². The largest absolute Gasteiger partial charge is 0.298 e. The Morgan fingerprint density at radius 1 is 1.47 bits per heavy atom. The number of rotatable bonds is 3. The van der Waals surface area contributed by atoms with Gasteiger partial charge in [-0.15, -0.1) is 0 Å². The van der Waals surface area contributed by atoms with Crippen molar-refractivity contribution in [2.24, 2.45) is 0 Å². The van der Waals surface area contributed by atoms with E-state index in [0.29, 0.717) is 5.56 Å². The maximum Gasteiger partial charge on any atom is 0.174 e. The van der Waals surface area contributed by atoms with Gasteiger partial charge in [0.1, 0.15) is 6.33 Å². The van der Waals surface area contributed by atoms with E-state index in [1.165, 1.54) is 29.6 Å². The molecule has 0 saturated heterocycles. The van der Waals surface area contributed by atoms with Crippen LogP contribution in [0, 0.1) is 0 Å². The topological polar surface area (TPSA) is 42.9 Å². The van der Waals surface area contributed by atoms with Gasteiger partial charge in [-0.25, -0.2) is 4.98 Å². The van der Waals surface area contributed by atoms with Crippen molar-refractivity contribution >= 4 is 45.5 Å². The first-order chi connectivity index (χ1) is 7.29. The smallest absolute Gasteiger partial charge is 0.174 e. The molecule has 3 nitrogen and oxygen atoms in total. The zero-order valence-corrected chi connectivity index (χ0v) is 10.6. The molecule has 0 radical (unpaired) electrons. The molecular weight excluding hydrogens is 296 g/mol. The summed E-state index contributed by atoms with van der Waals surface area (Å²) in [4.78, 5) is 15.8. The Hall–Kier alpha value is -0.720. The molecule has 76 valence electrons. The van der Waals surface area contributed by atoms with Crippen molar-refractivity contribution in [2.45, 2.75) is 9.24 Å². The Morgan fingerprint density at radius 3 is 3.00 bits per heavy atom. The summed E-state index contributed by atoms with van der Waals surface area (Å²) in [5, 5.41) is 0. The first-order valence-electron chi connectivity index (χ1n) is 3.99. The summed E-state index contributed by atoms with van der Waals surface area (Å²) < 4.78 is 5.63. The Balaban J connectivity index is 2.32. The van der Waals surface area contributed by atoms with Gasteiger partial charge in [0.05, 0.1) is 0 Å². The van der Waals surface area contributed by atoms with E-state index in [2.05, 4.69) is 25.3 Å². The molecule has 2 aromatic rings. The molecule has 0 aliphatic heterocycles. The number of aldehydes is 1. The van der Waals surface area contributed by atoms with Crippen LogP contribution < -0.4 is 0 Å². The second-order valence-electron chi connectivity index (χ2n) is 2.61. The van der Waals surface area contributed by atoms with Crippen molar-refractivity contribution in [1.29, 1.82) is 0 Å². The molecule has 0 saturated carbocycles. The van der Waals surface area contributed by atoms with E-state index in [0.717, 1.165) is 20.0 Å². The number of hydrogen-bond donors (Lipinski definition) is 0. The number of carbonyl (C=O) groups excluding carboxylic acids is 1. The molecule has 1 heterocycles. The Kier molecular flexibility index (Phi) is 3.50. The third-order valence-electron chi connectivity index (χ3n) is 1.64. The lowest BCUT2D eigenvalue weighted by atomic mass is 10.2. The molecule has 0 aliphatic carbocycles. The lowest BCUT2D eigenvalue weighted by Crippen LogP contribution is -1.84. The second kappa shape index (κ2) is 4.87. The highest BCUT2D eigenvalue weighted by atomic mass is 79.9. The Labute approximate surface area is 103 Å². The summed E-state index contributed by atoms with van der Waals surface area (Å²) in [6, 6.07) is 5.58. The minimum atomic E-state index is 0.657. The van der Waals surface area contributed by atoms with E-state index in [1.807, 2.05) is 12.1 Å². The Bertz CT molecular complexity index is 473. The van der Waals surface area contributed by atoms with Gasteiger partial charge >= 0.3 is 0 Å². The third-order valence-corrected chi connectivity index (χ3v) is 3.94. The summed E-state index contributed by atoms with van der Waals surface area (Å²) >= 11 is 6.08. The van der Waals surface area contributed by atoms with Crippen LogP contribution in [-0.2, 0) is 0 Å². The fourth-order valence-corrected chi connectivity index (χ4v) is 2.86. The van der Waals surface area contributed by atoms with E-state index < -0.39 is 0 Å². The molecule has 2 rings (SSSR count). The molecular formula is C9H5BrN2OS2. The predicted molar refractivity (Wildman–Crippen MR) is 63.6 cm³/mol. The van der Waals surface area contributed by atoms with Gasteiger partial charge in [-0.1, -0.05) is 27.7 Å². The van der Waals surface area contributed by atoms with Gasteiger partial charge in [0.2, 0.25) is 0 Å². The molecule has 1 aromatic carbocycles. The van der Waals surface area contributed by atoms with Crippen LogP contribution in [0.3, 0.4) is 0 Å². The van der Waals surface area contributed by atoms with Crippen molar-refractivity contribution in [1.82, 2.24) is 9.36 Å². The normalized spacial score (nSPS) is 10.2. The van der Waals surface area contributed by atoms with Crippen LogP contribution in [0.25, 0.3) is 0 Å². The maximum atomic E-state index is 10.8. The number of halogens is 1. The van der Waals surface area contributed by atoms with Crippen LogP contribution in [-0.4, -0.2) is 15.6 Å². The monoisotopic (exact) mass is 300 g/mol. The van der Waals surface area contributed by atoms with Gasteiger partial charge in [0, 0.05) is 14.9 Å². The minimum absolute atomic E-state index is 0.657. The van der Waals surface area contributed by atoms with Crippen LogP contribution >= 0.6 is 39.2 Å². The zero-order chi connectivity index (χ0) is 10.7. The van der Waals surface area contributed by atoms with Gasteiger partial charge < -0.3 is 0 Å². The molecule has 6 heteroatoms. The molecule has 0 aliphatic rings. The van der Waals surface area contributed by atoms with E-state index in [1.54, 1.807) is 6.07 Å². The number of benzene rings is 1. The highest BCUT2D eigenvalue weighted by molar-refractivity contribution is 9.10. The standard InChI is InChI=1S/C9H5BrN2OS2/c10-7-1-2-8(6(3-7)4-13)14-9-11-5-12-15-9/h1-5H. The molecule has 0 unspecified atom stereocenters. The Morgan fingerprint density at radius 2 is 2.33 bits per heavy atom. The second-order valence-corrected chi connectivity index (χ2v) is 5.59. The average molecular weight is 301 g/mol. The number of hydrogen-bond acceptors (Lipinski definition) is 5. The summed E-state index contributed by atoms with van der Waals surface area (Å²) in [6.45, 7) is 0. The molecule has 1 aromatic heterocycles. The quantitative estimate of drug-likeness (QED) is 0.816. The van der Waals surface area contributed by atoms with Crippen LogP contribution in [0.4, 0.5) is 0 Å². The minimum Gasteiger partial charge on any atom is -0.298 e. The van der Waals surface area contributed by atoms with Crippen LogP contribution in [0.1, 0.15) is 10.4 Å². The van der Waals surface area contributed by atoms with Crippen molar-refractivity contribution in [3.63, 3.8) is 0 Å². The molecule has 0 fully saturated rings. The SMILES string of the molecule is O=Cc1cc(Br)ccc1Sc1ncns1. The molecule has 0 amide bonds. The summed E-state index contributed by atoms with van der Waals surface area (Å²) in [6.07, 6.45) is 2.35. The van der Waals surface area contributed by atoms with Gasteiger partial charge in [-0.05, 0) is 29.7 Å². The van der Waals surface area contributed by atoms with Gasteiger partial charge in [-0.3, -0.25) is 4.79 Å². The third kappa shape index (κ3) is 2.64. The first-order valence-corrected chi connectivity index (χ1v) is 6.37. The van der Waals surface area contributed by atoms with Gasteiger partial charge in [0.15, 0.2) is 10.6 Å². The van der Waals surface area contributed by atoms with E-state index in [-0.39, 0.29) is 0 Å². The average Bonchev–Trinajstić information content (AvgIpc) is 2.73. The molecule has 0 N–H and O–H groups in total. The van der Waals surface area contributed by atoms with Crippen molar-refractivity contribution in [3.8, 4) is 0 Å². The maximum absolute atomic E-state index is 10.8. The fraction of sp³-hybridized carbons (Fsp3) is 0. The lowest BCUT2D eigenvalue weighted by Gasteiger charge is -2.01. The molecule has 0 atom stereocenters. The zero-order valence-electron chi connectivity index (χ0n) is 7.38. The van der Waals surface area contributed by atoms with Crippen LogP contribution in [0.15, 0.2) is 38.2 Å². The van der Waals surface area contributed by atoms with E-state index in [9.17, 15) is 4.79 Å². The summed E-state index contributed by atoms with van der Waals surface area (Å²) in [5.41, 5.74) is 0.657. The molecule has 0 spiro atoms. The molecule has 0 bridgehead atoms. The van der Waals surface area contributed by atoms with Crippen molar-refractivity contribution in [3.05, 3.63) is 34.6 Å². The lowest BCUT2D eigenvalue weighted by molar-refractivity contribution is 0.112. The predicted octanol–water partition coefficient (Wildman–Crippen LogP) is 3.26. The summed E-state index contributed by atoms with van der Waals surface area (Å²) in [5.74, 6) is 0. The first kappa shape index (κ1) is 10.8. The fourth-order valence-electron chi connectivity index (χ4n) is 1.01. The van der Waals surface area contributed by atoms with Crippen LogP contribution in [0.5, 0.6) is 0 Å². The summed E-state index contributed by atoms with van der Waals surface area (Å²) in [7, 11) is 0. The number of aromatic nitrogens is 2. The number of nitrogens with zero attached hydrogens (tertiary/aromatic N) is 2. The van der Waals surface area contributed by atoms with Crippen molar-refractivity contribution < 1.29 is 4.79 Å². The van der Waals surface area contributed by atoms with Gasteiger partial charge in [0.25, 0.3) is 0 Å². The molecule has 15 heavy (non-hydrogen) atoms. The highest BCUT2D eigenvalue weighted by Gasteiger charge is 2.06. The number of carbonyl (C=O) groups is 1. The van der Waals surface area contributed by atoms with Crippen LogP contribution in [0.2, 0.25) is 0 Å². The van der Waals surface area contributed by atoms with E-state index in [4.69, 9.17) is 0 Å². The van der Waals surface area contributed by atoms with E-state index >= 15 is 0 Å². The van der Waals surface area contributed by atoms with Gasteiger partial charge in [-0.2, -0.15) is 4.37 Å². The highest BCUT2D eigenvalue weighted by Crippen LogP contribution is 2.31.